The van der Waals surface area contributed by atoms with Crippen LogP contribution in [0.5, 0.6) is 0 Å². The molecule has 3 heterocycles. The van der Waals surface area contributed by atoms with Crippen LogP contribution in [-0.2, 0) is 0 Å². The zero-order valence-corrected chi connectivity index (χ0v) is 20.4. The number of benzene rings is 2. The molecule has 1 aliphatic heterocycles. The zero-order valence-electron chi connectivity index (χ0n) is 19.6. The normalized spacial score (nSPS) is 17.5. The molecule has 6 rings (SSSR count). The van der Waals surface area contributed by atoms with E-state index in [9.17, 15) is 4.79 Å². The van der Waals surface area contributed by atoms with E-state index in [1.54, 1.807) is 40.1 Å². The minimum absolute atomic E-state index is 0.268. The predicted molar refractivity (Wildman–Crippen MR) is 140 cm³/mol. The average Bonchev–Trinajstić information content (AvgIpc) is 3.49. The molecule has 0 radical (unpaired) electrons. The molecule has 2 aromatic carbocycles. The smallest absolute Gasteiger partial charge is 0.335 e. The third kappa shape index (κ3) is 4.54. The summed E-state index contributed by atoms with van der Waals surface area (Å²) in [7, 11) is 0. The van der Waals surface area contributed by atoms with Gasteiger partial charge < -0.3 is 5.11 Å². The highest BCUT2D eigenvalue weighted by Crippen LogP contribution is 2.31. The lowest BCUT2D eigenvalue weighted by atomic mass is 9.92. The summed E-state index contributed by atoms with van der Waals surface area (Å²) in [6, 6.07) is 16.3. The summed E-state index contributed by atoms with van der Waals surface area (Å²) in [5, 5.41) is 14.8. The third-order valence-corrected chi connectivity index (χ3v) is 8.28. The first kappa shape index (κ1) is 22.2. The van der Waals surface area contributed by atoms with Crippen LogP contribution in [0.2, 0.25) is 0 Å². The van der Waals surface area contributed by atoms with E-state index >= 15 is 0 Å². The van der Waals surface area contributed by atoms with E-state index < -0.39 is 5.97 Å². The van der Waals surface area contributed by atoms with Crippen molar-refractivity contribution in [1.82, 2.24) is 19.5 Å². The Morgan fingerprint density at radius 2 is 1.66 bits per heavy atom. The maximum atomic E-state index is 11.1. The number of aromatic nitrogens is 3. The standard InChI is InChI=1S/C28H28N4O2S/c33-27(34)23-12-8-21(9-13-23)25-18-32-28(29-25)35-26(30-32)22-10-6-19(7-11-22)20-14-16-31(17-15-20)24-4-2-1-3-5-24/h6-14,18,24H,1-5,15-17H2,(H,33,34). The van der Waals surface area contributed by atoms with Crippen molar-refractivity contribution in [3.05, 3.63) is 71.9 Å². The summed E-state index contributed by atoms with van der Waals surface area (Å²) in [5.41, 5.74) is 5.79. The van der Waals surface area contributed by atoms with Crippen LogP contribution in [0.15, 0.2) is 60.8 Å². The van der Waals surface area contributed by atoms with Gasteiger partial charge in [0.25, 0.3) is 0 Å². The van der Waals surface area contributed by atoms with Crippen molar-refractivity contribution in [2.75, 3.05) is 13.1 Å². The Kier molecular flexibility index (Phi) is 5.96. The molecule has 2 aromatic heterocycles. The summed E-state index contributed by atoms with van der Waals surface area (Å²) in [4.78, 5) is 19.3. The van der Waals surface area contributed by atoms with Gasteiger partial charge >= 0.3 is 5.97 Å². The van der Waals surface area contributed by atoms with E-state index in [0.717, 1.165) is 45.8 Å². The van der Waals surface area contributed by atoms with Gasteiger partial charge in [0.1, 0.15) is 5.01 Å². The first-order valence-corrected chi connectivity index (χ1v) is 13.2. The minimum atomic E-state index is -0.930. The van der Waals surface area contributed by atoms with E-state index in [2.05, 4.69) is 35.2 Å². The number of rotatable bonds is 5. The van der Waals surface area contributed by atoms with Crippen molar-refractivity contribution in [1.29, 1.82) is 0 Å². The molecule has 0 atom stereocenters. The van der Waals surface area contributed by atoms with Gasteiger partial charge in [-0.15, -0.1) is 0 Å². The van der Waals surface area contributed by atoms with Crippen molar-refractivity contribution >= 4 is 27.8 Å². The summed E-state index contributed by atoms with van der Waals surface area (Å²) in [5.74, 6) is -0.930. The van der Waals surface area contributed by atoms with Gasteiger partial charge in [-0.2, -0.15) is 5.10 Å². The van der Waals surface area contributed by atoms with E-state index in [0.29, 0.717) is 0 Å². The number of imidazole rings is 1. The summed E-state index contributed by atoms with van der Waals surface area (Å²) >= 11 is 1.56. The lowest BCUT2D eigenvalue weighted by Gasteiger charge is -2.36. The fourth-order valence-electron chi connectivity index (χ4n) is 5.29. The second-order valence-electron chi connectivity index (χ2n) is 9.49. The first-order valence-electron chi connectivity index (χ1n) is 12.4. The van der Waals surface area contributed by atoms with Crippen LogP contribution < -0.4 is 0 Å². The summed E-state index contributed by atoms with van der Waals surface area (Å²) in [6.07, 6.45) is 12.4. The molecule has 0 spiro atoms. The molecule has 35 heavy (non-hydrogen) atoms. The molecule has 0 bridgehead atoms. The summed E-state index contributed by atoms with van der Waals surface area (Å²) in [6.45, 7) is 2.25. The van der Waals surface area contributed by atoms with Crippen molar-refractivity contribution < 1.29 is 9.90 Å². The minimum Gasteiger partial charge on any atom is -0.478 e. The highest BCUT2D eigenvalue weighted by molar-refractivity contribution is 7.19. The van der Waals surface area contributed by atoms with Crippen molar-refractivity contribution in [2.45, 2.75) is 44.6 Å². The Hall–Kier alpha value is -3.29. The van der Waals surface area contributed by atoms with Crippen LogP contribution in [0.1, 0.15) is 54.4 Å². The second-order valence-corrected chi connectivity index (χ2v) is 10.4. The van der Waals surface area contributed by atoms with Gasteiger partial charge in [0.15, 0.2) is 0 Å². The highest BCUT2D eigenvalue weighted by atomic mass is 32.1. The monoisotopic (exact) mass is 484 g/mol. The maximum Gasteiger partial charge on any atom is 0.335 e. The predicted octanol–water partition coefficient (Wildman–Crippen LogP) is 6.24. The molecule has 1 fully saturated rings. The summed E-state index contributed by atoms with van der Waals surface area (Å²) < 4.78 is 1.80. The van der Waals surface area contributed by atoms with Gasteiger partial charge in [-0.1, -0.05) is 73.1 Å². The van der Waals surface area contributed by atoms with E-state index in [4.69, 9.17) is 15.2 Å². The molecular formula is C28H28N4O2S. The number of carboxylic acids is 1. The van der Waals surface area contributed by atoms with Crippen LogP contribution in [-0.4, -0.2) is 49.7 Å². The number of fused-ring (bicyclic) bond motifs is 1. The number of aromatic carboxylic acids is 1. The van der Waals surface area contributed by atoms with Gasteiger partial charge in [0.05, 0.1) is 17.5 Å². The van der Waals surface area contributed by atoms with E-state index in [-0.39, 0.29) is 5.56 Å². The fourth-order valence-corrected chi connectivity index (χ4v) is 6.18. The fraction of sp³-hybridized carbons (Fsp3) is 0.321. The van der Waals surface area contributed by atoms with Crippen LogP contribution >= 0.6 is 11.3 Å². The first-order chi connectivity index (χ1) is 17.1. The third-order valence-electron chi connectivity index (χ3n) is 7.31. The molecule has 1 aliphatic carbocycles. The molecule has 4 aromatic rings. The average molecular weight is 485 g/mol. The molecule has 178 valence electrons. The van der Waals surface area contributed by atoms with Gasteiger partial charge in [-0.05, 0) is 42.5 Å². The lowest BCUT2D eigenvalue weighted by Crippen LogP contribution is -2.39. The quantitative estimate of drug-likeness (QED) is 0.363. The number of hydrogen-bond acceptors (Lipinski definition) is 5. The van der Waals surface area contributed by atoms with Crippen molar-refractivity contribution in [3.8, 4) is 21.8 Å². The molecule has 0 amide bonds. The Labute approximate surface area is 208 Å². The molecule has 1 N–H and O–H groups in total. The van der Waals surface area contributed by atoms with Crippen LogP contribution in [0.4, 0.5) is 0 Å². The topological polar surface area (TPSA) is 70.7 Å². The number of nitrogens with zero attached hydrogens (tertiary/aromatic N) is 4. The molecule has 0 unspecified atom stereocenters. The van der Waals surface area contributed by atoms with Crippen molar-refractivity contribution in [3.63, 3.8) is 0 Å². The Morgan fingerprint density at radius 1 is 0.943 bits per heavy atom. The zero-order chi connectivity index (χ0) is 23.8. The maximum absolute atomic E-state index is 11.1. The lowest BCUT2D eigenvalue weighted by molar-refractivity contribution is 0.0697. The molecule has 6 nitrogen and oxygen atoms in total. The molecule has 0 saturated heterocycles. The SMILES string of the molecule is O=C(O)c1ccc(-c2cn3nc(-c4ccc(C5=CCN(C6CCCCC6)CC5)cc4)sc3n2)cc1. The molecule has 7 heteroatoms. The largest absolute Gasteiger partial charge is 0.478 e. The Morgan fingerprint density at radius 3 is 2.31 bits per heavy atom. The van der Waals surface area contributed by atoms with Crippen LogP contribution in [0.3, 0.4) is 0 Å². The van der Waals surface area contributed by atoms with Gasteiger partial charge in [-0.3, -0.25) is 4.90 Å². The van der Waals surface area contributed by atoms with Gasteiger partial charge in [0.2, 0.25) is 4.96 Å². The van der Waals surface area contributed by atoms with E-state index in [1.807, 2.05) is 6.20 Å². The van der Waals surface area contributed by atoms with Gasteiger partial charge in [0, 0.05) is 30.3 Å². The van der Waals surface area contributed by atoms with Crippen LogP contribution in [0, 0.1) is 0 Å². The van der Waals surface area contributed by atoms with Gasteiger partial charge in [-0.25, -0.2) is 14.3 Å². The number of carboxylic acid groups (broad SMARTS) is 1. The Balaban J connectivity index is 1.15. The molecular weight excluding hydrogens is 456 g/mol. The highest BCUT2D eigenvalue weighted by Gasteiger charge is 2.23. The Bertz CT molecular complexity index is 1350. The number of carbonyl (C=O) groups is 1. The van der Waals surface area contributed by atoms with E-state index in [1.165, 1.54) is 49.8 Å². The van der Waals surface area contributed by atoms with Crippen LogP contribution in [0.25, 0.3) is 32.4 Å². The second kappa shape index (κ2) is 9.40. The molecule has 2 aliphatic rings. The number of hydrogen-bond donors (Lipinski definition) is 1. The van der Waals surface area contributed by atoms with Crippen molar-refractivity contribution in [2.24, 2.45) is 0 Å². The molecule has 1 saturated carbocycles.